The molecule has 29 nitrogen and oxygen atoms in total. The van der Waals surface area contributed by atoms with Crippen molar-refractivity contribution in [1.82, 2.24) is 56.9 Å². The van der Waals surface area contributed by atoms with E-state index in [-0.39, 0.29) is 94.4 Å². The number of esters is 5. The third-order valence-corrected chi connectivity index (χ3v) is 20.4. The molecule has 119 heavy (non-hydrogen) atoms. The predicted octanol–water partition coefficient (Wildman–Crippen LogP) is 10.4. The molecule has 3 aromatic carbocycles. The van der Waals surface area contributed by atoms with E-state index in [9.17, 15) is 62.6 Å². The van der Waals surface area contributed by atoms with Crippen LogP contribution in [0.4, 0.5) is 4.79 Å². The van der Waals surface area contributed by atoms with Crippen molar-refractivity contribution in [2.75, 3.05) is 65.4 Å². The number of nitrogens with zero attached hydrogens (tertiary/aromatic N) is 4. The van der Waals surface area contributed by atoms with Gasteiger partial charge >= 0.3 is 41.8 Å². The van der Waals surface area contributed by atoms with E-state index >= 15 is 0 Å². The molecule has 1 saturated heterocycles. The van der Waals surface area contributed by atoms with Crippen molar-refractivity contribution in [2.45, 2.75) is 284 Å². The molecule has 1 aliphatic carbocycles. The van der Waals surface area contributed by atoms with E-state index in [0.717, 1.165) is 31.9 Å². The molecule has 1 saturated carbocycles. The van der Waals surface area contributed by atoms with Gasteiger partial charge in [-0.2, -0.15) is 0 Å². The number of rotatable bonds is 40. The van der Waals surface area contributed by atoms with Crippen LogP contribution in [0, 0.1) is 15.4 Å². The van der Waals surface area contributed by atoms with Gasteiger partial charge in [0.25, 0.3) is 0 Å². The van der Waals surface area contributed by atoms with Crippen molar-refractivity contribution in [3.05, 3.63) is 111 Å². The van der Waals surface area contributed by atoms with Gasteiger partial charge in [-0.3, -0.25) is 53.1 Å². The number of halogens is 1. The topological polar surface area (TPSA) is 378 Å². The number of hydrogen-bond acceptors (Lipinski definition) is 21. The molecule has 5 atom stereocenters. The quantitative estimate of drug-likeness (QED) is 0.00887. The Labute approximate surface area is 716 Å². The second-order valence-corrected chi connectivity index (χ2v) is 37.4. The second-order valence-electron chi connectivity index (χ2n) is 36.1. The van der Waals surface area contributed by atoms with Crippen molar-refractivity contribution >= 4 is 105 Å². The smallest absolute Gasteiger partial charge is 0.357 e. The SMILES string of the molecule is CC(C)(C)OC(=O)CC[C@H](NC(=O)N[C@@H](CCCCNC(=O)[C@@H](Cc1ccc2ccccc2c1)NC(=O)C1CCC(CNC(=O)[C@H](CCCCNC(=O)CCCc2ccc(I)cc2)NC(=O)CC[C@H](C(=O)OC(C)(C)C)N2CCN(CC(=O)OC(C)(C)C)CCN(Cc3cccc(C(=O)OC(C)(C)C)n3)CC2)CC1)C(=O)O)C(=O)OC(C)(C)C. The maximum Gasteiger partial charge on any atom is 0.357 e. The minimum absolute atomic E-state index is 0.00690. The number of nitrogens with one attached hydrogen (secondary N) is 7. The number of fused-ring (bicyclic) bond motifs is 1. The van der Waals surface area contributed by atoms with E-state index in [1.165, 1.54) is 0 Å². The lowest BCUT2D eigenvalue weighted by atomic mass is 9.81. The number of carbonyl (C=O) groups excluding carboxylic acids is 11. The molecule has 30 heteroatoms. The molecular weight excluding hydrogens is 1640 g/mol. The third kappa shape index (κ3) is 39.5. The number of benzene rings is 3. The number of hydrogen-bond donors (Lipinski definition) is 8. The Balaban J connectivity index is 1.11. The van der Waals surface area contributed by atoms with Crippen LogP contribution >= 0.6 is 22.6 Å². The Hall–Kier alpha value is -8.88. The maximum absolute atomic E-state index is 14.6. The number of amides is 7. The van der Waals surface area contributed by atoms with Crippen molar-refractivity contribution in [2.24, 2.45) is 11.8 Å². The van der Waals surface area contributed by atoms with Crippen LogP contribution < -0.4 is 37.2 Å². The van der Waals surface area contributed by atoms with Crippen molar-refractivity contribution in [1.29, 1.82) is 0 Å². The van der Waals surface area contributed by atoms with Crippen LogP contribution in [0.1, 0.15) is 234 Å². The van der Waals surface area contributed by atoms with Gasteiger partial charge in [-0.05, 0) is 268 Å². The minimum Gasteiger partial charge on any atom is -0.480 e. The van der Waals surface area contributed by atoms with Gasteiger partial charge in [-0.25, -0.2) is 24.2 Å². The molecule has 6 rings (SSSR count). The fourth-order valence-corrected chi connectivity index (χ4v) is 14.3. The van der Waals surface area contributed by atoms with Crippen LogP contribution in [0.2, 0.25) is 0 Å². The first-order valence-corrected chi connectivity index (χ1v) is 43.1. The van der Waals surface area contributed by atoms with Crippen LogP contribution in [-0.2, 0) is 91.0 Å². The van der Waals surface area contributed by atoms with Crippen LogP contribution in [-0.4, -0.2) is 220 Å². The molecule has 2 aliphatic rings. The molecule has 658 valence electrons. The average molecular weight is 1770 g/mol. The van der Waals surface area contributed by atoms with Gasteiger partial charge in [0.2, 0.25) is 29.5 Å². The lowest BCUT2D eigenvalue weighted by Crippen LogP contribution is -2.52. The first-order valence-electron chi connectivity index (χ1n) is 42.0. The molecule has 7 amide bonds. The van der Waals surface area contributed by atoms with E-state index in [4.69, 9.17) is 23.7 Å². The number of carboxylic acid groups (broad SMARTS) is 1. The highest BCUT2D eigenvalue weighted by atomic mass is 127. The molecule has 2 fully saturated rings. The minimum atomic E-state index is -1.39. The number of unbranched alkanes of at least 4 members (excludes halogenated alkanes) is 2. The van der Waals surface area contributed by atoms with E-state index in [0.29, 0.717) is 116 Å². The number of carbonyl (C=O) groups is 12. The normalized spacial score (nSPS) is 16.7. The molecule has 4 aromatic rings. The van der Waals surface area contributed by atoms with Gasteiger partial charge in [-0.15, -0.1) is 0 Å². The van der Waals surface area contributed by atoms with Crippen molar-refractivity contribution in [3.63, 3.8) is 0 Å². The van der Waals surface area contributed by atoms with Gasteiger partial charge in [0.15, 0.2) is 0 Å². The van der Waals surface area contributed by atoms with E-state index in [2.05, 4.69) is 81.8 Å². The molecular formula is C89H132IN11O18. The fourth-order valence-electron chi connectivity index (χ4n) is 13.9. The molecule has 8 N–H and O–H groups in total. The first kappa shape index (κ1) is 98.9. The highest BCUT2D eigenvalue weighted by Gasteiger charge is 2.37. The zero-order valence-electron chi connectivity index (χ0n) is 72.7. The Kier molecular flexibility index (Phi) is 39.4. The van der Waals surface area contributed by atoms with E-state index < -0.39 is 124 Å². The summed E-state index contributed by atoms with van der Waals surface area (Å²) in [6, 6.07) is 20.4. The summed E-state index contributed by atoms with van der Waals surface area (Å²) in [7, 11) is 0. The van der Waals surface area contributed by atoms with Crippen LogP contribution in [0.25, 0.3) is 10.8 Å². The Bertz CT molecular complexity index is 4020. The summed E-state index contributed by atoms with van der Waals surface area (Å²) in [4.78, 5) is 174. The summed E-state index contributed by atoms with van der Waals surface area (Å²) < 4.78 is 29.5. The summed E-state index contributed by atoms with van der Waals surface area (Å²) in [5.74, 6) is -6.52. The summed E-state index contributed by atoms with van der Waals surface area (Å²) in [6.45, 7) is 29.4. The zero-order chi connectivity index (χ0) is 87.8. The summed E-state index contributed by atoms with van der Waals surface area (Å²) in [6.07, 6.45) is 5.08. The van der Waals surface area contributed by atoms with Crippen LogP contribution in [0.15, 0.2) is 84.9 Å². The van der Waals surface area contributed by atoms with Gasteiger partial charge < -0.3 is 66.0 Å². The second kappa shape index (κ2) is 47.4. The maximum atomic E-state index is 14.6. The largest absolute Gasteiger partial charge is 0.480 e. The fraction of sp³-hybridized carbons (Fsp3) is 0.629. The molecule has 1 aliphatic heterocycles. The zero-order valence-corrected chi connectivity index (χ0v) is 74.8. The number of urea groups is 1. The molecule has 1 aromatic heterocycles. The van der Waals surface area contributed by atoms with Gasteiger partial charge in [-0.1, -0.05) is 60.7 Å². The number of carboxylic acids is 1. The van der Waals surface area contributed by atoms with Crippen LogP contribution in [0.5, 0.6) is 0 Å². The van der Waals surface area contributed by atoms with Crippen molar-refractivity contribution < 1.29 is 86.3 Å². The number of aliphatic carboxylic acids is 1. The van der Waals surface area contributed by atoms with E-state index in [1.807, 2.05) is 70.5 Å². The number of pyridine rings is 1. The summed E-state index contributed by atoms with van der Waals surface area (Å²) in [5.41, 5.74) is -1.39. The van der Waals surface area contributed by atoms with Crippen molar-refractivity contribution in [3.8, 4) is 0 Å². The summed E-state index contributed by atoms with van der Waals surface area (Å²) >= 11 is 2.26. The molecule has 0 radical (unpaired) electrons. The predicted molar refractivity (Wildman–Crippen MR) is 461 cm³/mol. The number of aryl methyl sites for hydroxylation is 1. The first-order chi connectivity index (χ1) is 55.8. The lowest BCUT2D eigenvalue weighted by Gasteiger charge is -2.34. The third-order valence-electron chi connectivity index (χ3n) is 19.7. The monoisotopic (exact) mass is 1770 g/mol. The number of ether oxygens (including phenoxy) is 5. The van der Waals surface area contributed by atoms with Crippen LogP contribution in [0.3, 0.4) is 0 Å². The summed E-state index contributed by atoms with van der Waals surface area (Å²) in [5, 5.41) is 32.0. The lowest BCUT2D eigenvalue weighted by molar-refractivity contribution is -0.163. The standard InChI is InChI=1S/C89H132IN11O18/c1-85(2,3)115-75(104)45-42-70(82(112)118-88(10,11)12)98-84(114)97-68(80(109)110)29-19-21-47-92-79(108)71(55-61-34-37-62-25-16-17-26-64(62)54-61)96-77(106)63-38-32-60(33-39-63)56-93-78(107)67(28-18-20-46-91-73(102)31-22-24-59-35-40-65(90)41-36-59)95-74(103)44-43-72(83(113)119-89(13,14)15)101-52-50-99(48-49-100(51-53-101)58-76(105)116-86(4,5)6)57-66-27-23-30-69(94-66)81(111)117-87(7,8)9/h16-17,23,25-27,30,34-37,40-41,54,60,63,67-68,70-72H,18-22,24,28-29,31-33,38-39,42-53,55-58H2,1-15H3,(H,91,102)(H,92,108)(H,93,107)(H,95,103)(H,96,106)(H,109,110)(H2,97,98,114)/t60?,63?,67-,68-,70-,71+,72+/m0/s1. The highest BCUT2D eigenvalue weighted by molar-refractivity contribution is 14.1. The molecule has 0 spiro atoms. The number of aromatic nitrogens is 1. The van der Waals surface area contributed by atoms with Gasteiger partial charge in [0, 0.05) is 101 Å². The van der Waals surface area contributed by atoms with Gasteiger partial charge in [0.1, 0.15) is 63.9 Å². The van der Waals surface area contributed by atoms with E-state index in [1.54, 1.807) is 116 Å². The Morgan fingerprint density at radius 1 is 0.487 bits per heavy atom. The highest BCUT2D eigenvalue weighted by Crippen LogP contribution is 2.30. The molecule has 0 bridgehead atoms. The Morgan fingerprint density at radius 3 is 1.69 bits per heavy atom. The van der Waals surface area contributed by atoms with Gasteiger partial charge in [0.05, 0.1) is 12.2 Å². The Morgan fingerprint density at radius 2 is 1.05 bits per heavy atom. The molecule has 0 unspecified atom stereocenters. The average Bonchev–Trinajstić information content (AvgIpc) is 1.57. The molecule has 2 heterocycles.